The third-order valence-electron chi connectivity index (χ3n) is 0.829. The van der Waals surface area contributed by atoms with E-state index in [1.165, 1.54) is 5.57 Å². The van der Waals surface area contributed by atoms with Crippen LogP contribution in [0.5, 0.6) is 0 Å². The van der Waals surface area contributed by atoms with Gasteiger partial charge in [-0.2, -0.15) is 0 Å². The van der Waals surface area contributed by atoms with Crippen LogP contribution in [0, 0.1) is 26.4 Å². The molecule has 0 fully saturated rings. The van der Waals surface area contributed by atoms with E-state index in [0.717, 1.165) is 0 Å². The molecular weight excluding hydrogens is 357 g/mol. The summed E-state index contributed by atoms with van der Waals surface area (Å²) in [6.07, 6.45) is 8.24. The molecule has 1 aliphatic rings. The fraction of sp³-hybridized carbons (Fsp3) is 0.111. The molecule has 117 valence electrons. The van der Waals surface area contributed by atoms with E-state index in [-0.39, 0.29) is 17.1 Å². The molecule has 0 aromatic rings. The molecule has 0 atom stereocenters. The van der Waals surface area contributed by atoms with Crippen LogP contribution >= 0.6 is 7.81 Å². The Labute approximate surface area is 122 Å². The van der Waals surface area contributed by atoms with Gasteiger partial charge in [-0.05, 0) is 6.92 Å². The fourth-order valence-electron chi connectivity index (χ4n) is 0.470. The van der Waals surface area contributed by atoms with Gasteiger partial charge in [0.05, 0.1) is 0 Å². The summed E-state index contributed by atoms with van der Waals surface area (Å²) in [6, 6.07) is 0. The van der Waals surface area contributed by atoms with Crippen molar-refractivity contribution in [1.82, 2.24) is 0 Å². The minimum Gasteiger partial charge on any atom is 0 e. The average molecular weight is 364 g/mol. The van der Waals surface area contributed by atoms with Crippen LogP contribution in [-0.2, 0) is 31.0 Å². The first-order valence-corrected chi connectivity index (χ1v) is 5.73. The van der Waals surface area contributed by atoms with Gasteiger partial charge in [-0.1, -0.05) is 23.8 Å². The summed E-state index contributed by atoms with van der Waals surface area (Å²) in [5, 5.41) is 0. The first-order chi connectivity index (χ1) is 8.34. The number of halogens is 6. The second kappa shape index (κ2) is 12.0. The van der Waals surface area contributed by atoms with Gasteiger partial charge in [0.15, 0.2) is 0 Å². The molecular formula is C9H7F6FeO3P-. The molecule has 0 aromatic carbocycles. The van der Waals surface area contributed by atoms with Gasteiger partial charge in [0.2, 0.25) is 0 Å². The molecule has 0 saturated heterocycles. The monoisotopic (exact) mass is 364 g/mol. The minimum atomic E-state index is -10.7. The van der Waals surface area contributed by atoms with Gasteiger partial charge in [0.25, 0.3) is 0 Å². The SMILES string of the molecule is CC1=CC=C[CH]1.F[P-](F)(F)(F)(F)F.[C-]#[O+].[C-]#[O+].[C-]#[O+].[Fe]. The normalized spacial score (nSPS) is 13.9. The Morgan fingerprint density at radius 1 is 0.800 bits per heavy atom. The molecule has 20 heavy (non-hydrogen) atoms. The molecule has 0 amide bonds. The predicted molar refractivity (Wildman–Crippen MR) is 52.6 cm³/mol. The summed E-state index contributed by atoms with van der Waals surface area (Å²) in [4.78, 5) is 0. The number of hydrogen-bond donors (Lipinski definition) is 0. The van der Waals surface area contributed by atoms with Crippen LogP contribution in [0.25, 0.3) is 0 Å². The first kappa shape index (κ1) is 31.6. The van der Waals surface area contributed by atoms with Crippen molar-refractivity contribution in [2.45, 2.75) is 6.92 Å². The standard InChI is InChI=1S/C6H7.3CO.F6P.Fe/c1-6-4-2-3-5-6;3*1-2;1-7(2,3,4,5)6;/h2-5H,1H3;;;;;/q;;;;-1;. The summed E-state index contributed by atoms with van der Waals surface area (Å²) >= 11 is 0. The van der Waals surface area contributed by atoms with Gasteiger partial charge in [-0.3, -0.25) is 0 Å². The van der Waals surface area contributed by atoms with Gasteiger partial charge in [-0.25, -0.2) is 0 Å². The third kappa shape index (κ3) is 117. The Hall–Kier alpha value is -0.771. The molecule has 1 rings (SSSR count). The van der Waals surface area contributed by atoms with Crippen LogP contribution in [0.4, 0.5) is 25.2 Å². The van der Waals surface area contributed by atoms with E-state index in [1.807, 2.05) is 12.2 Å². The second-order valence-electron chi connectivity index (χ2n) is 2.42. The summed E-state index contributed by atoms with van der Waals surface area (Å²) in [5.74, 6) is 0. The van der Waals surface area contributed by atoms with Crippen LogP contribution in [-0.4, -0.2) is 0 Å². The van der Waals surface area contributed by atoms with Crippen molar-refractivity contribution in [3.8, 4) is 0 Å². The van der Waals surface area contributed by atoms with Crippen LogP contribution in [0.1, 0.15) is 6.92 Å². The van der Waals surface area contributed by atoms with Gasteiger partial charge in [0, 0.05) is 23.5 Å². The molecule has 0 aromatic heterocycles. The van der Waals surface area contributed by atoms with Gasteiger partial charge < -0.3 is 0 Å². The van der Waals surface area contributed by atoms with E-state index < -0.39 is 7.81 Å². The second-order valence-corrected chi connectivity index (χ2v) is 4.34. The zero-order chi connectivity index (χ0) is 16.8. The van der Waals surface area contributed by atoms with Gasteiger partial charge in [0.1, 0.15) is 0 Å². The van der Waals surface area contributed by atoms with Crippen LogP contribution in [0.2, 0.25) is 0 Å². The molecule has 1 aliphatic carbocycles. The first-order valence-electron chi connectivity index (χ1n) is 3.70. The molecule has 3 nitrogen and oxygen atoms in total. The summed E-state index contributed by atoms with van der Waals surface area (Å²) in [5.41, 5.74) is 1.34. The van der Waals surface area contributed by atoms with Crippen molar-refractivity contribution in [3.63, 3.8) is 0 Å². The molecule has 0 unspecified atom stereocenters. The zero-order valence-corrected chi connectivity index (χ0v) is 11.6. The fourth-order valence-corrected chi connectivity index (χ4v) is 0.470. The van der Waals surface area contributed by atoms with Crippen molar-refractivity contribution in [2.24, 2.45) is 0 Å². The van der Waals surface area contributed by atoms with E-state index in [0.29, 0.717) is 0 Å². The number of hydrogen-bond acceptors (Lipinski definition) is 0. The van der Waals surface area contributed by atoms with Crippen molar-refractivity contribution < 1.29 is 56.2 Å². The van der Waals surface area contributed by atoms with Crippen molar-refractivity contribution in [2.75, 3.05) is 0 Å². The van der Waals surface area contributed by atoms with Gasteiger partial charge in [-0.15, -0.1) is 0 Å². The van der Waals surface area contributed by atoms with E-state index in [1.54, 1.807) is 0 Å². The smallest absolute Gasteiger partial charge is 0 e. The summed E-state index contributed by atoms with van der Waals surface area (Å²) in [6.45, 7) is 15.6. The predicted octanol–water partition coefficient (Wildman–Crippen LogP) is 4.97. The number of allylic oxidation sites excluding steroid dienone is 4. The Morgan fingerprint density at radius 2 is 1.05 bits per heavy atom. The Morgan fingerprint density at radius 3 is 1.10 bits per heavy atom. The average Bonchev–Trinajstić information content (AvgIpc) is 2.74. The van der Waals surface area contributed by atoms with Gasteiger partial charge >= 0.3 is 66.9 Å². The quantitative estimate of drug-likeness (QED) is 0.192. The molecule has 0 saturated carbocycles. The molecule has 11 heteroatoms. The third-order valence-corrected chi connectivity index (χ3v) is 0.829. The molecule has 0 N–H and O–H groups in total. The Kier molecular flexibility index (Phi) is 18.9. The van der Waals surface area contributed by atoms with E-state index in [2.05, 4.69) is 39.4 Å². The molecule has 1 radical (unpaired) electrons. The Balaban J connectivity index is -0.0000000528. The van der Waals surface area contributed by atoms with E-state index >= 15 is 0 Å². The van der Waals surface area contributed by atoms with Crippen LogP contribution < -0.4 is 0 Å². The summed E-state index contributed by atoms with van der Waals surface area (Å²) in [7, 11) is -10.7. The van der Waals surface area contributed by atoms with E-state index in [4.69, 9.17) is 14.0 Å². The maximum atomic E-state index is 9.87. The number of rotatable bonds is 0. The van der Waals surface area contributed by atoms with Crippen molar-refractivity contribution in [1.29, 1.82) is 0 Å². The maximum Gasteiger partial charge on any atom is 0 e. The molecule has 0 aliphatic heterocycles. The van der Waals surface area contributed by atoms with Crippen LogP contribution in [0.3, 0.4) is 0 Å². The zero-order valence-electron chi connectivity index (χ0n) is 9.60. The molecule has 0 bridgehead atoms. The maximum absolute atomic E-state index is 10.7. The van der Waals surface area contributed by atoms with Crippen LogP contribution in [0.15, 0.2) is 23.8 Å². The minimum absolute atomic E-state index is 0. The molecule has 0 spiro atoms. The topological polar surface area (TPSA) is 59.7 Å². The van der Waals surface area contributed by atoms with E-state index in [9.17, 15) is 25.2 Å². The van der Waals surface area contributed by atoms with Crippen molar-refractivity contribution >= 4 is 7.81 Å². The summed E-state index contributed by atoms with van der Waals surface area (Å²) < 4.78 is 81.7. The van der Waals surface area contributed by atoms with Crippen molar-refractivity contribution in [3.05, 3.63) is 50.2 Å². The Bertz CT molecular complexity index is 339. The molecule has 0 heterocycles. The largest absolute Gasteiger partial charge is 0 e.